The molecule has 3 rings (SSSR count). The van der Waals surface area contributed by atoms with Crippen molar-refractivity contribution in [2.45, 2.75) is 64.3 Å². The molecule has 200 valence electrons. The normalized spacial score (nSPS) is 22.1. The molecule has 36 heavy (non-hydrogen) atoms. The lowest BCUT2D eigenvalue weighted by atomic mass is 9.79. The molecule has 1 saturated carbocycles. The highest BCUT2D eigenvalue weighted by molar-refractivity contribution is 7.59. The van der Waals surface area contributed by atoms with Crippen LogP contribution >= 0.6 is 7.37 Å². The van der Waals surface area contributed by atoms with Gasteiger partial charge in [0.2, 0.25) is 13.3 Å². The number of carbonyl (C=O) groups excluding carboxylic acids is 2. The number of carboxylic acid groups (broad SMARTS) is 1. The van der Waals surface area contributed by atoms with E-state index in [1.165, 1.54) is 11.3 Å². The molecule has 3 unspecified atom stereocenters. The van der Waals surface area contributed by atoms with E-state index < -0.39 is 44.2 Å². The average Bonchev–Trinajstić information content (AvgIpc) is 3.34. The molecular formula is C26H38NO8P. The van der Waals surface area contributed by atoms with Crippen molar-refractivity contribution >= 4 is 25.2 Å². The second-order valence-electron chi connectivity index (χ2n) is 9.62. The number of rotatable bonds is 13. The lowest BCUT2D eigenvalue weighted by Crippen LogP contribution is -2.42. The van der Waals surface area contributed by atoms with Gasteiger partial charge in [-0.3, -0.25) is 18.7 Å². The van der Waals surface area contributed by atoms with E-state index in [4.69, 9.17) is 14.0 Å². The topological polar surface area (TPSA) is 119 Å². The number of likely N-dealkylation sites (tertiary alicyclic amines) is 1. The van der Waals surface area contributed by atoms with Crippen LogP contribution < -0.4 is 4.74 Å². The fraction of sp³-hybridized carbons (Fsp3) is 0.654. The highest BCUT2D eigenvalue weighted by Crippen LogP contribution is 2.48. The van der Waals surface area contributed by atoms with Crippen LogP contribution in [0, 0.1) is 11.8 Å². The molecule has 1 N–H and O–H groups in total. The number of aliphatic carboxylic acids is 1. The maximum Gasteiger partial charge on any atom is 0.326 e. The van der Waals surface area contributed by atoms with Crippen LogP contribution in [0.4, 0.5) is 0 Å². The Hall–Kier alpha value is -2.38. The Kier molecular flexibility index (Phi) is 10.8. The second kappa shape index (κ2) is 13.8. The zero-order valence-electron chi connectivity index (χ0n) is 21.0. The highest BCUT2D eigenvalue weighted by atomic mass is 31.2. The summed E-state index contributed by atoms with van der Waals surface area (Å²) in [7, 11) is -3.57. The summed E-state index contributed by atoms with van der Waals surface area (Å²) in [5.74, 6) is -0.789. The quantitative estimate of drug-likeness (QED) is 0.173. The minimum atomic E-state index is -3.57. The van der Waals surface area contributed by atoms with Crippen LogP contribution in [0.15, 0.2) is 30.3 Å². The summed E-state index contributed by atoms with van der Waals surface area (Å²) >= 11 is 0. The molecule has 1 aromatic rings. The molecule has 1 saturated heterocycles. The summed E-state index contributed by atoms with van der Waals surface area (Å²) in [4.78, 5) is 38.1. The number of ether oxygens (including phenoxy) is 2. The number of esters is 1. The Morgan fingerprint density at radius 2 is 1.81 bits per heavy atom. The van der Waals surface area contributed by atoms with Crippen molar-refractivity contribution in [1.29, 1.82) is 0 Å². The van der Waals surface area contributed by atoms with Crippen LogP contribution in [0.25, 0.3) is 0 Å². The second-order valence-corrected chi connectivity index (χ2v) is 12.3. The molecule has 0 radical (unpaired) electrons. The fourth-order valence-corrected chi connectivity index (χ4v) is 6.94. The van der Waals surface area contributed by atoms with Crippen molar-refractivity contribution in [1.82, 2.24) is 4.90 Å². The number of nitrogens with zero attached hydrogens (tertiary/aromatic N) is 1. The van der Waals surface area contributed by atoms with E-state index in [2.05, 4.69) is 0 Å². The van der Waals surface area contributed by atoms with Gasteiger partial charge in [0.1, 0.15) is 18.0 Å². The third kappa shape index (κ3) is 8.34. The smallest absolute Gasteiger partial charge is 0.326 e. The Morgan fingerprint density at radius 1 is 1.08 bits per heavy atom. The first-order valence-electron chi connectivity index (χ1n) is 12.9. The number of para-hydroxylation sites is 1. The number of carboxylic acids is 1. The van der Waals surface area contributed by atoms with Gasteiger partial charge in [0.05, 0.1) is 6.61 Å². The molecule has 0 aromatic heterocycles. The van der Waals surface area contributed by atoms with Gasteiger partial charge in [0.15, 0.2) is 6.79 Å². The maximum atomic E-state index is 13.7. The molecule has 1 amide bonds. The molecule has 9 nitrogen and oxygen atoms in total. The van der Waals surface area contributed by atoms with Crippen LogP contribution in [0.5, 0.6) is 5.75 Å². The van der Waals surface area contributed by atoms with Crippen LogP contribution in [-0.2, 0) is 28.2 Å². The van der Waals surface area contributed by atoms with Crippen molar-refractivity contribution in [3.63, 3.8) is 0 Å². The van der Waals surface area contributed by atoms with E-state index in [-0.39, 0.29) is 25.1 Å². The molecular weight excluding hydrogens is 485 g/mol. The SMILES string of the molecule is CCC(=O)OCOP(=O)(CCCOc1ccccc1)CC(=O)N1CC(C2CCCCC2)CC1C(=O)O. The third-order valence-corrected chi connectivity index (χ3v) is 9.41. The number of hydrogen-bond acceptors (Lipinski definition) is 7. The zero-order chi connectivity index (χ0) is 26.0. The lowest BCUT2D eigenvalue weighted by Gasteiger charge is -2.28. The number of benzene rings is 1. The number of carbonyl (C=O) groups is 3. The lowest BCUT2D eigenvalue weighted by molar-refractivity contribution is -0.150. The predicted molar refractivity (Wildman–Crippen MR) is 134 cm³/mol. The predicted octanol–water partition coefficient (Wildman–Crippen LogP) is 4.54. The minimum absolute atomic E-state index is 0.0485. The van der Waals surface area contributed by atoms with E-state index >= 15 is 0 Å². The molecule has 1 heterocycles. The first-order chi connectivity index (χ1) is 17.3. The van der Waals surface area contributed by atoms with Crippen LogP contribution in [0.3, 0.4) is 0 Å². The number of hydrogen-bond donors (Lipinski definition) is 1. The van der Waals surface area contributed by atoms with Gasteiger partial charge in [-0.05, 0) is 36.8 Å². The van der Waals surface area contributed by atoms with Crippen molar-refractivity contribution in [2.24, 2.45) is 11.8 Å². The maximum absolute atomic E-state index is 13.7. The summed E-state index contributed by atoms with van der Waals surface area (Å²) in [5.41, 5.74) is 0. The average molecular weight is 524 g/mol. The first kappa shape index (κ1) is 28.2. The monoisotopic (exact) mass is 523 g/mol. The van der Waals surface area contributed by atoms with Gasteiger partial charge in [-0.2, -0.15) is 0 Å². The molecule has 2 aliphatic rings. The molecule has 0 bridgehead atoms. The van der Waals surface area contributed by atoms with Crippen molar-refractivity contribution in [3.8, 4) is 5.75 Å². The standard InChI is InChI=1S/C26H38NO8P/c1-2-25(29)34-19-35-36(32,15-9-14-33-22-12-7-4-8-13-22)18-24(28)27-17-21(16-23(27)26(30)31)20-10-5-3-6-11-20/h4,7-8,12-13,20-21,23H,2-3,5-6,9-11,14-19H2,1H3,(H,30,31). The van der Waals surface area contributed by atoms with E-state index in [1.807, 2.05) is 30.3 Å². The van der Waals surface area contributed by atoms with Crippen LogP contribution in [0.2, 0.25) is 0 Å². The Balaban J connectivity index is 1.62. The van der Waals surface area contributed by atoms with Crippen LogP contribution in [-0.4, -0.2) is 66.2 Å². The molecule has 0 spiro atoms. The van der Waals surface area contributed by atoms with E-state index in [0.29, 0.717) is 31.1 Å². The van der Waals surface area contributed by atoms with Gasteiger partial charge in [0, 0.05) is 19.1 Å². The van der Waals surface area contributed by atoms with E-state index in [1.54, 1.807) is 6.92 Å². The van der Waals surface area contributed by atoms with Crippen molar-refractivity contribution in [3.05, 3.63) is 30.3 Å². The summed E-state index contributed by atoms with van der Waals surface area (Å²) in [6, 6.07) is 8.27. The number of amides is 1. The third-order valence-electron chi connectivity index (χ3n) is 7.08. The van der Waals surface area contributed by atoms with E-state index in [0.717, 1.165) is 25.7 Å². The summed E-state index contributed by atoms with van der Waals surface area (Å²) in [6.45, 7) is 1.76. The van der Waals surface area contributed by atoms with Gasteiger partial charge in [-0.1, -0.05) is 57.2 Å². The first-order valence-corrected chi connectivity index (χ1v) is 14.9. The molecule has 1 aliphatic carbocycles. The minimum Gasteiger partial charge on any atom is -0.494 e. The molecule has 3 atom stereocenters. The van der Waals surface area contributed by atoms with Crippen molar-refractivity contribution in [2.75, 3.05) is 32.3 Å². The zero-order valence-corrected chi connectivity index (χ0v) is 21.9. The largest absolute Gasteiger partial charge is 0.494 e. The fourth-order valence-electron chi connectivity index (χ4n) is 5.11. The Morgan fingerprint density at radius 3 is 2.47 bits per heavy atom. The van der Waals surface area contributed by atoms with Gasteiger partial charge in [-0.25, -0.2) is 4.79 Å². The van der Waals surface area contributed by atoms with Gasteiger partial charge < -0.3 is 19.5 Å². The summed E-state index contributed by atoms with van der Waals surface area (Å²) in [5, 5.41) is 9.79. The van der Waals surface area contributed by atoms with Crippen molar-refractivity contribution < 1.29 is 38.1 Å². The van der Waals surface area contributed by atoms with Gasteiger partial charge >= 0.3 is 11.9 Å². The Bertz CT molecular complexity index is 918. The van der Waals surface area contributed by atoms with Crippen LogP contribution in [0.1, 0.15) is 58.3 Å². The summed E-state index contributed by atoms with van der Waals surface area (Å²) in [6.07, 6.45) is 6.14. The highest BCUT2D eigenvalue weighted by Gasteiger charge is 2.44. The van der Waals surface area contributed by atoms with Gasteiger partial charge in [-0.15, -0.1) is 0 Å². The summed E-state index contributed by atoms with van der Waals surface area (Å²) < 4.78 is 29.7. The molecule has 2 fully saturated rings. The molecule has 1 aliphatic heterocycles. The van der Waals surface area contributed by atoms with E-state index in [9.17, 15) is 24.1 Å². The Labute approximate surface area is 212 Å². The molecule has 1 aromatic carbocycles. The van der Waals surface area contributed by atoms with Gasteiger partial charge in [0.25, 0.3) is 0 Å². The molecule has 10 heteroatoms.